The van der Waals surface area contributed by atoms with Crippen LogP contribution in [-0.2, 0) is 0 Å². The molecule has 2 unspecified atom stereocenters. The number of ketones is 1. The van der Waals surface area contributed by atoms with Crippen molar-refractivity contribution in [3.63, 3.8) is 0 Å². The molecule has 0 aliphatic heterocycles. The summed E-state index contributed by atoms with van der Waals surface area (Å²) >= 11 is 6.00. The summed E-state index contributed by atoms with van der Waals surface area (Å²) in [5.74, 6) is 0.163. The maximum Gasteiger partial charge on any atom is 0.185 e. The number of nitrogens with one attached hydrogen (secondary N) is 1. The molecule has 1 N–H and O–H groups in total. The Balaban J connectivity index is 1.97. The SMILES string of the molecule is CCC(c1ccccc1)C(Nc1ccc(Cl)cc1)C(=O)c1ccccc1. The first-order chi connectivity index (χ1) is 12.7. The number of hydrogen-bond donors (Lipinski definition) is 1. The van der Waals surface area contributed by atoms with Gasteiger partial charge < -0.3 is 5.32 Å². The van der Waals surface area contributed by atoms with E-state index >= 15 is 0 Å². The lowest BCUT2D eigenvalue weighted by Gasteiger charge is -2.28. The second-order valence-electron chi connectivity index (χ2n) is 6.28. The molecule has 3 aromatic carbocycles. The highest BCUT2D eigenvalue weighted by molar-refractivity contribution is 6.30. The van der Waals surface area contributed by atoms with Crippen molar-refractivity contribution in [2.24, 2.45) is 0 Å². The molecule has 2 atom stereocenters. The van der Waals surface area contributed by atoms with Crippen molar-refractivity contribution >= 4 is 23.1 Å². The number of benzene rings is 3. The molecule has 2 nitrogen and oxygen atoms in total. The number of anilines is 1. The summed E-state index contributed by atoms with van der Waals surface area (Å²) in [7, 11) is 0. The predicted octanol–water partition coefficient (Wildman–Crippen LogP) is 6.20. The molecule has 3 rings (SSSR count). The molecule has 26 heavy (non-hydrogen) atoms. The lowest BCUT2D eigenvalue weighted by Crippen LogP contribution is -2.35. The van der Waals surface area contributed by atoms with E-state index in [1.807, 2.05) is 72.8 Å². The van der Waals surface area contributed by atoms with Crippen molar-refractivity contribution in [2.75, 3.05) is 5.32 Å². The van der Waals surface area contributed by atoms with Gasteiger partial charge in [-0.15, -0.1) is 0 Å². The van der Waals surface area contributed by atoms with Crippen LogP contribution in [-0.4, -0.2) is 11.8 Å². The van der Waals surface area contributed by atoms with Gasteiger partial charge in [0.1, 0.15) is 0 Å². The van der Waals surface area contributed by atoms with Gasteiger partial charge in [0.25, 0.3) is 0 Å². The van der Waals surface area contributed by atoms with E-state index in [4.69, 9.17) is 11.6 Å². The molecule has 0 aliphatic carbocycles. The van der Waals surface area contributed by atoms with E-state index in [9.17, 15) is 4.79 Å². The summed E-state index contributed by atoms with van der Waals surface area (Å²) in [6.45, 7) is 2.12. The maximum absolute atomic E-state index is 13.3. The third kappa shape index (κ3) is 4.33. The van der Waals surface area contributed by atoms with E-state index in [1.165, 1.54) is 0 Å². The fraction of sp³-hybridized carbons (Fsp3) is 0.174. The Labute approximate surface area is 159 Å². The standard InChI is InChI=1S/C23H22ClNO/c1-2-21(17-9-5-3-6-10-17)22(23(26)18-11-7-4-8-12-18)25-20-15-13-19(24)14-16-20/h3-16,21-22,25H,2H2,1H3. The van der Waals surface area contributed by atoms with Gasteiger partial charge in [-0.25, -0.2) is 0 Å². The smallest absolute Gasteiger partial charge is 0.185 e. The zero-order valence-corrected chi connectivity index (χ0v) is 15.5. The average Bonchev–Trinajstić information content (AvgIpc) is 2.70. The van der Waals surface area contributed by atoms with Crippen molar-refractivity contribution in [3.05, 3.63) is 101 Å². The molecule has 0 amide bonds. The highest BCUT2D eigenvalue weighted by Gasteiger charge is 2.29. The van der Waals surface area contributed by atoms with Crippen LogP contribution in [0.4, 0.5) is 5.69 Å². The van der Waals surface area contributed by atoms with E-state index in [1.54, 1.807) is 0 Å². The number of carbonyl (C=O) groups excluding carboxylic acids is 1. The fourth-order valence-electron chi connectivity index (χ4n) is 3.22. The topological polar surface area (TPSA) is 29.1 Å². The fourth-order valence-corrected chi connectivity index (χ4v) is 3.35. The van der Waals surface area contributed by atoms with Crippen molar-refractivity contribution in [2.45, 2.75) is 25.3 Å². The van der Waals surface area contributed by atoms with Gasteiger partial charge in [-0.1, -0.05) is 79.2 Å². The molecule has 132 valence electrons. The maximum atomic E-state index is 13.3. The first-order valence-electron chi connectivity index (χ1n) is 8.85. The minimum Gasteiger partial charge on any atom is -0.374 e. The van der Waals surface area contributed by atoms with Crippen LogP contribution >= 0.6 is 11.6 Å². The molecule has 0 radical (unpaired) electrons. The Hall–Kier alpha value is -2.58. The Bertz CT molecular complexity index is 831. The van der Waals surface area contributed by atoms with Gasteiger partial charge in [0.15, 0.2) is 5.78 Å². The third-order valence-electron chi connectivity index (χ3n) is 4.58. The Morgan fingerprint density at radius 2 is 1.46 bits per heavy atom. The zero-order valence-electron chi connectivity index (χ0n) is 14.7. The molecule has 3 aromatic rings. The molecular weight excluding hydrogens is 342 g/mol. The second-order valence-corrected chi connectivity index (χ2v) is 6.72. The zero-order chi connectivity index (χ0) is 18.4. The van der Waals surface area contributed by atoms with Crippen LogP contribution in [0.1, 0.15) is 35.2 Å². The largest absolute Gasteiger partial charge is 0.374 e. The minimum absolute atomic E-state index is 0.0691. The number of Topliss-reactive ketones (excluding diaryl/α,β-unsaturated/α-hetero) is 1. The first-order valence-corrected chi connectivity index (χ1v) is 9.23. The van der Waals surface area contributed by atoms with Crippen LogP contribution in [0.15, 0.2) is 84.9 Å². The molecule has 0 saturated carbocycles. The normalized spacial score (nSPS) is 13.0. The summed E-state index contributed by atoms with van der Waals surface area (Å²) in [6, 6.07) is 26.8. The van der Waals surface area contributed by atoms with E-state index in [0.29, 0.717) is 10.6 Å². The molecule has 0 bridgehead atoms. The number of carbonyl (C=O) groups is 1. The molecule has 0 saturated heterocycles. The molecular formula is C23H22ClNO. The number of rotatable bonds is 7. The summed E-state index contributed by atoms with van der Waals surface area (Å²) in [6.07, 6.45) is 0.855. The summed E-state index contributed by atoms with van der Waals surface area (Å²) in [5, 5.41) is 4.12. The molecule has 0 aliphatic rings. The Morgan fingerprint density at radius 3 is 2.04 bits per heavy atom. The van der Waals surface area contributed by atoms with Gasteiger partial charge in [-0.05, 0) is 36.2 Å². The highest BCUT2D eigenvalue weighted by Crippen LogP contribution is 2.28. The monoisotopic (exact) mass is 363 g/mol. The Morgan fingerprint density at radius 1 is 0.885 bits per heavy atom. The molecule has 3 heteroatoms. The lowest BCUT2D eigenvalue weighted by molar-refractivity contribution is 0.0957. The van der Waals surface area contributed by atoms with Gasteiger partial charge in [-0.2, -0.15) is 0 Å². The number of halogens is 1. The molecule has 0 spiro atoms. The quantitative estimate of drug-likeness (QED) is 0.506. The van der Waals surface area contributed by atoms with Crippen LogP contribution in [0.2, 0.25) is 5.02 Å². The van der Waals surface area contributed by atoms with Crippen LogP contribution in [0.25, 0.3) is 0 Å². The van der Waals surface area contributed by atoms with Crippen molar-refractivity contribution < 1.29 is 4.79 Å². The second kappa shape index (κ2) is 8.68. The van der Waals surface area contributed by atoms with Gasteiger partial charge in [0.05, 0.1) is 6.04 Å². The third-order valence-corrected chi connectivity index (χ3v) is 4.83. The lowest BCUT2D eigenvalue weighted by atomic mass is 9.84. The predicted molar refractivity (Wildman–Crippen MR) is 109 cm³/mol. The van der Waals surface area contributed by atoms with E-state index < -0.39 is 0 Å². The highest BCUT2D eigenvalue weighted by atomic mass is 35.5. The van der Waals surface area contributed by atoms with Gasteiger partial charge >= 0.3 is 0 Å². The van der Waals surface area contributed by atoms with E-state index in [0.717, 1.165) is 17.7 Å². The van der Waals surface area contributed by atoms with Gasteiger partial charge in [-0.3, -0.25) is 4.79 Å². The molecule has 0 heterocycles. The summed E-state index contributed by atoms with van der Waals surface area (Å²) in [5.41, 5.74) is 2.76. The van der Waals surface area contributed by atoms with Crippen LogP contribution in [0.5, 0.6) is 0 Å². The van der Waals surface area contributed by atoms with Crippen molar-refractivity contribution in [1.82, 2.24) is 0 Å². The van der Waals surface area contributed by atoms with Gasteiger partial charge in [0.2, 0.25) is 0 Å². The summed E-state index contributed by atoms with van der Waals surface area (Å²) < 4.78 is 0. The van der Waals surface area contributed by atoms with Crippen molar-refractivity contribution in [1.29, 1.82) is 0 Å². The molecule has 0 aromatic heterocycles. The Kier molecular flexibility index (Phi) is 6.08. The molecule has 0 fully saturated rings. The minimum atomic E-state index is -0.356. The number of hydrogen-bond acceptors (Lipinski definition) is 2. The van der Waals surface area contributed by atoms with Crippen LogP contribution < -0.4 is 5.32 Å². The first kappa shape index (κ1) is 18.2. The van der Waals surface area contributed by atoms with E-state index in [2.05, 4.69) is 24.4 Å². The van der Waals surface area contributed by atoms with Gasteiger partial charge in [0, 0.05) is 22.2 Å². The van der Waals surface area contributed by atoms with Crippen LogP contribution in [0, 0.1) is 0 Å². The van der Waals surface area contributed by atoms with Crippen molar-refractivity contribution in [3.8, 4) is 0 Å². The van der Waals surface area contributed by atoms with Crippen LogP contribution in [0.3, 0.4) is 0 Å². The summed E-state index contributed by atoms with van der Waals surface area (Å²) in [4.78, 5) is 13.3. The average molecular weight is 364 g/mol. The van der Waals surface area contributed by atoms with E-state index in [-0.39, 0.29) is 17.7 Å².